The fourth-order valence-corrected chi connectivity index (χ4v) is 1.06. The van der Waals surface area contributed by atoms with E-state index in [1.165, 1.54) is 25.3 Å². The van der Waals surface area contributed by atoms with Gasteiger partial charge in [0.05, 0.1) is 12.7 Å². The summed E-state index contributed by atoms with van der Waals surface area (Å²) in [5, 5.41) is 20.8. The first-order valence-electron chi connectivity index (χ1n) is 5.37. The van der Waals surface area contributed by atoms with E-state index in [1.54, 1.807) is 0 Å². The van der Waals surface area contributed by atoms with Crippen LogP contribution in [-0.2, 0) is 0 Å². The van der Waals surface area contributed by atoms with Gasteiger partial charge in [-0.1, -0.05) is 13.8 Å². The Morgan fingerprint density at radius 2 is 1.94 bits per heavy atom. The number of aromatic carboxylic acids is 1. The minimum atomic E-state index is -1.05. The lowest BCUT2D eigenvalue weighted by Crippen LogP contribution is -2.09. The number of hydrogen-bond donors (Lipinski definition) is 3. The molecule has 5 heteroatoms. The number of aromatic hydroxyl groups is 1. The molecule has 0 aromatic heterocycles. The predicted molar refractivity (Wildman–Crippen MR) is 65.8 cm³/mol. The molecule has 96 valence electrons. The highest BCUT2D eigenvalue weighted by Gasteiger charge is 2.06. The molecule has 0 aliphatic heterocycles. The Morgan fingerprint density at radius 1 is 1.35 bits per heavy atom. The molecule has 1 rings (SSSR count). The first kappa shape index (κ1) is 15.2. The smallest absolute Gasteiger partial charge is 0.335 e. The number of phenolic OH excluding ortho intramolecular Hbond substituents is 1. The summed E-state index contributed by atoms with van der Waals surface area (Å²) >= 11 is 0. The van der Waals surface area contributed by atoms with Crippen molar-refractivity contribution in [2.45, 2.75) is 13.8 Å². The summed E-state index contributed by atoms with van der Waals surface area (Å²) in [6.07, 6.45) is 0. The van der Waals surface area contributed by atoms with Crippen LogP contribution in [0, 0.1) is 0 Å². The van der Waals surface area contributed by atoms with Crippen molar-refractivity contribution in [3.63, 3.8) is 0 Å². The molecule has 0 saturated carbocycles. The molecule has 0 spiro atoms. The van der Waals surface area contributed by atoms with Gasteiger partial charge in [-0.3, -0.25) is 0 Å². The SMILES string of the molecule is CCNCC.COc1cc(C(=O)O)ccc1O. The summed E-state index contributed by atoms with van der Waals surface area (Å²) in [4.78, 5) is 10.4. The summed E-state index contributed by atoms with van der Waals surface area (Å²) in [5.41, 5.74) is 0.0876. The maximum atomic E-state index is 10.4. The third-order valence-electron chi connectivity index (χ3n) is 1.93. The zero-order chi connectivity index (χ0) is 13.3. The first-order chi connectivity index (χ1) is 8.06. The Hall–Kier alpha value is -1.75. The van der Waals surface area contributed by atoms with Gasteiger partial charge in [0.1, 0.15) is 0 Å². The molecule has 0 amide bonds. The van der Waals surface area contributed by atoms with Gasteiger partial charge < -0.3 is 20.3 Å². The Bertz CT molecular complexity index is 350. The number of nitrogens with one attached hydrogen (secondary N) is 1. The second-order valence-corrected chi connectivity index (χ2v) is 3.15. The topological polar surface area (TPSA) is 78.8 Å². The molecule has 0 bridgehead atoms. The van der Waals surface area contributed by atoms with E-state index in [2.05, 4.69) is 19.2 Å². The van der Waals surface area contributed by atoms with E-state index in [4.69, 9.17) is 14.9 Å². The van der Waals surface area contributed by atoms with E-state index in [0.717, 1.165) is 13.1 Å². The highest BCUT2D eigenvalue weighted by Crippen LogP contribution is 2.25. The number of ether oxygens (including phenoxy) is 1. The molecule has 3 N–H and O–H groups in total. The van der Waals surface area contributed by atoms with Crippen molar-refractivity contribution in [3.8, 4) is 11.5 Å². The van der Waals surface area contributed by atoms with E-state index in [1.807, 2.05) is 0 Å². The largest absolute Gasteiger partial charge is 0.504 e. The summed E-state index contributed by atoms with van der Waals surface area (Å²) in [7, 11) is 1.36. The average molecular weight is 241 g/mol. The van der Waals surface area contributed by atoms with Crippen LogP contribution in [-0.4, -0.2) is 36.4 Å². The van der Waals surface area contributed by atoms with Crippen molar-refractivity contribution in [3.05, 3.63) is 23.8 Å². The number of carboxylic acid groups (broad SMARTS) is 1. The zero-order valence-electron chi connectivity index (χ0n) is 10.4. The van der Waals surface area contributed by atoms with Gasteiger partial charge in [0.2, 0.25) is 0 Å². The first-order valence-corrected chi connectivity index (χ1v) is 5.37. The number of benzene rings is 1. The van der Waals surface area contributed by atoms with Gasteiger partial charge >= 0.3 is 5.97 Å². The quantitative estimate of drug-likeness (QED) is 0.748. The Morgan fingerprint density at radius 3 is 2.29 bits per heavy atom. The molecule has 0 fully saturated rings. The number of rotatable bonds is 4. The molecule has 0 atom stereocenters. The lowest BCUT2D eigenvalue weighted by molar-refractivity contribution is 0.0696. The van der Waals surface area contributed by atoms with Crippen LogP contribution < -0.4 is 10.1 Å². The molecule has 0 saturated heterocycles. The second-order valence-electron chi connectivity index (χ2n) is 3.15. The minimum Gasteiger partial charge on any atom is -0.504 e. The van der Waals surface area contributed by atoms with Gasteiger partial charge in [0, 0.05) is 0 Å². The summed E-state index contributed by atoms with van der Waals surface area (Å²) in [5.74, 6) is -0.953. The van der Waals surface area contributed by atoms with Crippen molar-refractivity contribution in [1.82, 2.24) is 5.32 Å². The molecule has 0 aliphatic rings. The predicted octanol–water partition coefficient (Wildman–Crippen LogP) is 1.71. The normalized spacial score (nSPS) is 9.12. The Labute approximate surface area is 101 Å². The standard InChI is InChI=1S/C8H8O4.C4H11N/c1-12-7-4-5(8(10)11)2-3-6(7)9;1-3-5-4-2/h2-4,9H,1H3,(H,10,11);5H,3-4H2,1-2H3. The van der Waals surface area contributed by atoms with E-state index >= 15 is 0 Å². The molecule has 0 aliphatic carbocycles. The van der Waals surface area contributed by atoms with Crippen molar-refractivity contribution >= 4 is 5.97 Å². The van der Waals surface area contributed by atoms with E-state index in [-0.39, 0.29) is 17.1 Å². The molecule has 0 radical (unpaired) electrons. The van der Waals surface area contributed by atoms with E-state index in [0.29, 0.717) is 0 Å². The van der Waals surface area contributed by atoms with Gasteiger partial charge in [-0.2, -0.15) is 0 Å². The highest BCUT2D eigenvalue weighted by molar-refractivity contribution is 5.88. The summed E-state index contributed by atoms with van der Waals surface area (Å²) < 4.78 is 4.72. The molecule has 0 unspecified atom stereocenters. The zero-order valence-corrected chi connectivity index (χ0v) is 10.4. The molecular formula is C12H19NO4. The number of hydrogen-bond acceptors (Lipinski definition) is 4. The van der Waals surface area contributed by atoms with Crippen LogP contribution in [0.15, 0.2) is 18.2 Å². The van der Waals surface area contributed by atoms with Crippen LogP contribution in [0.2, 0.25) is 0 Å². The third kappa shape index (κ3) is 5.77. The van der Waals surface area contributed by atoms with Gasteiger partial charge in [-0.15, -0.1) is 0 Å². The number of carboxylic acids is 1. The van der Waals surface area contributed by atoms with E-state index in [9.17, 15) is 4.79 Å². The van der Waals surface area contributed by atoms with Crippen LogP contribution in [0.5, 0.6) is 11.5 Å². The van der Waals surface area contributed by atoms with Crippen LogP contribution in [0.1, 0.15) is 24.2 Å². The summed E-state index contributed by atoms with van der Waals surface area (Å²) in [6.45, 7) is 6.39. The van der Waals surface area contributed by atoms with Crippen LogP contribution in [0.4, 0.5) is 0 Å². The monoisotopic (exact) mass is 241 g/mol. The molecular weight excluding hydrogens is 222 g/mol. The molecule has 5 nitrogen and oxygen atoms in total. The Balaban J connectivity index is 0.000000437. The second kappa shape index (κ2) is 8.41. The fraction of sp³-hybridized carbons (Fsp3) is 0.417. The van der Waals surface area contributed by atoms with Crippen LogP contribution >= 0.6 is 0 Å². The Kier molecular flexibility index (Phi) is 7.54. The van der Waals surface area contributed by atoms with Crippen molar-refractivity contribution in [2.24, 2.45) is 0 Å². The minimum absolute atomic E-state index is 0.0671. The molecule has 0 heterocycles. The average Bonchev–Trinajstić information content (AvgIpc) is 2.31. The third-order valence-corrected chi connectivity index (χ3v) is 1.93. The van der Waals surface area contributed by atoms with Gasteiger partial charge in [-0.05, 0) is 31.3 Å². The number of carbonyl (C=O) groups is 1. The van der Waals surface area contributed by atoms with Gasteiger partial charge in [0.15, 0.2) is 11.5 Å². The number of methoxy groups -OCH3 is 1. The fourth-order valence-electron chi connectivity index (χ4n) is 1.06. The maximum absolute atomic E-state index is 10.4. The van der Waals surface area contributed by atoms with Crippen molar-refractivity contribution < 1.29 is 19.7 Å². The highest BCUT2D eigenvalue weighted by atomic mass is 16.5. The van der Waals surface area contributed by atoms with Crippen molar-refractivity contribution in [1.29, 1.82) is 0 Å². The van der Waals surface area contributed by atoms with Crippen LogP contribution in [0.3, 0.4) is 0 Å². The lowest BCUT2D eigenvalue weighted by Gasteiger charge is -2.02. The van der Waals surface area contributed by atoms with E-state index < -0.39 is 5.97 Å². The van der Waals surface area contributed by atoms with Gasteiger partial charge in [0.25, 0.3) is 0 Å². The lowest BCUT2D eigenvalue weighted by atomic mass is 10.2. The number of phenols is 1. The van der Waals surface area contributed by atoms with Crippen LogP contribution in [0.25, 0.3) is 0 Å². The van der Waals surface area contributed by atoms with Gasteiger partial charge in [-0.25, -0.2) is 4.79 Å². The molecule has 17 heavy (non-hydrogen) atoms. The van der Waals surface area contributed by atoms with Crippen molar-refractivity contribution in [2.75, 3.05) is 20.2 Å². The molecule has 1 aromatic carbocycles. The summed E-state index contributed by atoms with van der Waals surface area (Å²) in [6, 6.07) is 3.85. The molecule has 1 aromatic rings. The maximum Gasteiger partial charge on any atom is 0.335 e.